The van der Waals surface area contributed by atoms with Crippen LogP contribution >= 0.6 is 11.3 Å². The minimum Gasteiger partial charge on any atom is -0.328 e. The second kappa shape index (κ2) is 5.48. The lowest BCUT2D eigenvalue weighted by atomic mass is 10.2. The first-order chi connectivity index (χ1) is 9.81. The molecule has 1 aromatic carbocycles. The number of thiophene rings is 1. The maximum Gasteiger partial charge on any atom is 0.115 e. The van der Waals surface area contributed by atoms with Crippen LogP contribution in [-0.4, -0.2) is 9.55 Å². The number of rotatable bonds is 4. The molecule has 0 fully saturated rings. The molecule has 0 aliphatic rings. The molecule has 0 radical (unpaired) electrons. The van der Waals surface area contributed by atoms with Crippen LogP contribution in [0.5, 0.6) is 0 Å². The molecule has 0 saturated carbocycles. The van der Waals surface area contributed by atoms with Crippen molar-refractivity contribution >= 4 is 22.4 Å². The van der Waals surface area contributed by atoms with Gasteiger partial charge in [0.15, 0.2) is 0 Å². The van der Waals surface area contributed by atoms with Gasteiger partial charge in [-0.2, -0.15) is 5.26 Å². The van der Waals surface area contributed by atoms with Crippen LogP contribution in [0.2, 0.25) is 0 Å². The summed E-state index contributed by atoms with van der Waals surface area (Å²) in [5.41, 5.74) is 2.71. The Labute approximate surface area is 122 Å². The lowest BCUT2D eigenvalue weighted by Crippen LogP contribution is -2.03. The van der Waals surface area contributed by atoms with Crippen molar-refractivity contribution in [3.8, 4) is 6.07 Å². The summed E-state index contributed by atoms with van der Waals surface area (Å²) in [7, 11) is 0. The lowest BCUT2D eigenvalue weighted by molar-refractivity contribution is 0.665. The summed E-state index contributed by atoms with van der Waals surface area (Å²) in [5, 5.41) is 11.1. The van der Waals surface area contributed by atoms with Crippen LogP contribution in [0.1, 0.15) is 29.6 Å². The number of aryl methyl sites for hydroxylation is 1. The number of fused-ring (bicyclic) bond motifs is 1. The molecule has 4 heteroatoms. The Bertz CT molecular complexity index is 763. The first-order valence-electron chi connectivity index (χ1n) is 6.73. The fraction of sp³-hybridized carbons (Fsp3) is 0.250. The van der Waals surface area contributed by atoms with Gasteiger partial charge in [0.1, 0.15) is 5.82 Å². The molecule has 0 N–H and O–H groups in total. The van der Waals surface area contributed by atoms with Gasteiger partial charge >= 0.3 is 0 Å². The van der Waals surface area contributed by atoms with Crippen molar-refractivity contribution in [2.75, 3.05) is 0 Å². The van der Waals surface area contributed by atoms with Crippen molar-refractivity contribution in [3.05, 3.63) is 52.0 Å². The first-order valence-corrected chi connectivity index (χ1v) is 7.61. The largest absolute Gasteiger partial charge is 0.328 e. The quantitative estimate of drug-likeness (QED) is 0.726. The summed E-state index contributed by atoms with van der Waals surface area (Å²) in [6.45, 7) is 3.13. The zero-order valence-corrected chi connectivity index (χ0v) is 12.2. The molecule has 0 unspecified atom stereocenters. The van der Waals surface area contributed by atoms with E-state index in [2.05, 4.69) is 35.1 Å². The maximum absolute atomic E-state index is 9.00. The number of nitrogens with zero attached hydrogens (tertiary/aromatic N) is 3. The zero-order chi connectivity index (χ0) is 13.9. The van der Waals surface area contributed by atoms with E-state index in [0.717, 1.165) is 36.2 Å². The summed E-state index contributed by atoms with van der Waals surface area (Å²) in [6.07, 6.45) is 1.93. The van der Waals surface area contributed by atoms with Crippen molar-refractivity contribution < 1.29 is 0 Å². The highest BCUT2D eigenvalue weighted by molar-refractivity contribution is 7.09. The normalized spacial score (nSPS) is 10.8. The number of aromatic nitrogens is 2. The summed E-state index contributed by atoms with van der Waals surface area (Å²) in [4.78, 5) is 6.05. The van der Waals surface area contributed by atoms with Crippen LogP contribution in [0.25, 0.3) is 11.0 Å². The Balaban J connectivity index is 2.09. The van der Waals surface area contributed by atoms with Crippen molar-refractivity contribution in [2.24, 2.45) is 0 Å². The van der Waals surface area contributed by atoms with Gasteiger partial charge in [-0.05, 0) is 36.1 Å². The minimum absolute atomic E-state index is 0.668. The standard InChI is InChI=1S/C16H15N3S/c1-2-7-19-15-6-5-12(11-17)9-14(15)18-16(19)10-13-4-3-8-20-13/h3-6,8-9H,2,7,10H2,1H3. The predicted octanol–water partition coefficient (Wildman–Crippen LogP) is 3.97. The van der Waals surface area contributed by atoms with E-state index < -0.39 is 0 Å². The van der Waals surface area contributed by atoms with E-state index in [0.29, 0.717) is 5.56 Å². The summed E-state index contributed by atoms with van der Waals surface area (Å²) < 4.78 is 2.27. The second-order valence-corrected chi connectivity index (χ2v) is 5.78. The van der Waals surface area contributed by atoms with E-state index in [1.165, 1.54) is 4.88 Å². The van der Waals surface area contributed by atoms with E-state index in [-0.39, 0.29) is 0 Å². The smallest absolute Gasteiger partial charge is 0.115 e. The summed E-state index contributed by atoms with van der Waals surface area (Å²) >= 11 is 1.76. The molecule has 3 nitrogen and oxygen atoms in total. The number of imidazole rings is 1. The monoisotopic (exact) mass is 281 g/mol. The molecule has 2 heterocycles. The Morgan fingerprint density at radius 1 is 1.35 bits per heavy atom. The summed E-state index contributed by atoms with van der Waals surface area (Å²) in [6, 6.07) is 12.1. The fourth-order valence-electron chi connectivity index (χ4n) is 2.43. The van der Waals surface area contributed by atoms with Crippen molar-refractivity contribution in [1.29, 1.82) is 5.26 Å². The molecule has 0 atom stereocenters. The van der Waals surface area contributed by atoms with Crippen LogP contribution in [0.3, 0.4) is 0 Å². The molecule has 0 aliphatic heterocycles. The third-order valence-corrected chi connectivity index (χ3v) is 4.19. The topological polar surface area (TPSA) is 41.6 Å². The molecule has 100 valence electrons. The van der Waals surface area contributed by atoms with Crippen molar-refractivity contribution in [1.82, 2.24) is 9.55 Å². The first kappa shape index (κ1) is 12.9. The molecular weight excluding hydrogens is 266 g/mol. The fourth-order valence-corrected chi connectivity index (χ4v) is 3.13. The van der Waals surface area contributed by atoms with Crippen LogP contribution in [0.4, 0.5) is 0 Å². The molecule has 3 aromatic rings. The van der Waals surface area contributed by atoms with Crippen LogP contribution in [0, 0.1) is 11.3 Å². The number of hydrogen-bond acceptors (Lipinski definition) is 3. The molecular formula is C16H15N3S. The van der Waals surface area contributed by atoms with E-state index in [9.17, 15) is 0 Å². The summed E-state index contributed by atoms with van der Waals surface area (Å²) in [5.74, 6) is 1.08. The van der Waals surface area contributed by atoms with Gasteiger partial charge in [0.05, 0.1) is 22.7 Å². The van der Waals surface area contributed by atoms with Crippen LogP contribution in [0.15, 0.2) is 35.7 Å². The average Bonchev–Trinajstić information content (AvgIpc) is 3.08. The highest BCUT2D eigenvalue weighted by atomic mass is 32.1. The van der Waals surface area contributed by atoms with Crippen LogP contribution < -0.4 is 0 Å². The number of nitriles is 1. The maximum atomic E-state index is 9.00. The van der Waals surface area contributed by atoms with E-state index in [4.69, 9.17) is 10.2 Å². The highest BCUT2D eigenvalue weighted by Gasteiger charge is 2.11. The van der Waals surface area contributed by atoms with Gasteiger partial charge in [0.2, 0.25) is 0 Å². The Morgan fingerprint density at radius 2 is 2.25 bits per heavy atom. The minimum atomic E-state index is 0.668. The Kier molecular flexibility index (Phi) is 3.53. The van der Waals surface area contributed by atoms with Crippen molar-refractivity contribution in [3.63, 3.8) is 0 Å². The lowest BCUT2D eigenvalue weighted by Gasteiger charge is -2.06. The molecule has 2 aromatic heterocycles. The third kappa shape index (κ3) is 2.33. The van der Waals surface area contributed by atoms with Gasteiger partial charge in [-0.25, -0.2) is 4.98 Å². The van der Waals surface area contributed by atoms with Gasteiger partial charge in [0, 0.05) is 17.8 Å². The Morgan fingerprint density at radius 3 is 2.95 bits per heavy atom. The average molecular weight is 281 g/mol. The van der Waals surface area contributed by atoms with E-state index >= 15 is 0 Å². The van der Waals surface area contributed by atoms with E-state index in [1.54, 1.807) is 11.3 Å². The molecule has 0 saturated heterocycles. The second-order valence-electron chi connectivity index (χ2n) is 4.75. The Hall–Kier alpha value is -2.12. The van der Waals surface area contributed by atoms with Gasteiger partial charge in [0.25, 0.3) is 0 Å². The highest BCUT2D eigenvalue weighted by Crippen LogP contribution is 2.22. The third-order valence-electron chi connectivity index (χ3n) is 3.32. The van der Waals surface area contributed by atoms with Gasteiger partial charge in [-0.3, -0.25) is 0 Å². The number of hydrogen-bond donors (Lipinski definition) is 0. The van der Waals surface area contributed by atoms with E-state index in [1.807, 2.05) is 18.2 Å². The van der Waals surface area contributed by atoms with Gasteiger partial charge in [-0.15, -0.1) is 11.3 Å². The van der Waals surface area contributed by atoms with Gasteiger partial charge in [-0.1, -0.05) is 13.0 Å². The predicted molar refractivity (Wildman–Crippen MR) is 81.9 cm³/mol. The molecule has 0 spiro atoms. The van der Waals surface area contributed by atoms with Gasteiger partial charge < -0.3 is 4.57 Å². The SMILES string of the molecule is CCCn1c(Cc2cccs2)nc2cc(C#N)ccc21. The van der Waals surface area contributed by atoms with Crippen LogP contribution in [-0.2, 0) is 13.0 Å². The molecule has 0 amide bonds. The van der Waals surface area contributed by atoms with Crippen molar-refractivity contribution in [2.45, 2.75) is 26.3 Å². The molecule has 0 bridgehead atoms. The molecule has 20 heavy (non-hydrogen) atoms. The molecule has 3 rings (SSSR count). The molecule has 0 aliphatic carbocycles. The zero-order valence-electron chi connectivity index (χ0n) is 11.3. The number of benzene rings is 1.